The molecular weight excluding hydrogens is 322 g/mol. The SMILES string of the molecule is CNC(=O)c1ccc(CN(Cc2cccc3cccnc23)C2CC2)cc1. The molecule has 1 fully saturated rings. The van der Waals surface area contributed by atoms with Gasteiger partial charge in [-0.15, -0.1) is 0 Å². The minimum absolute atomic E-state index is 0.0440. The van der Waals surface area contributed by atoms with Crippen LogP contribution in [0.5, 0.6) is 0 Å². The van der Waals surface area contributed by atoms with Crippen LogP contribution in [0.4, 0.5) is 0 Å². The molecule has 1 N–H and O–H groups in total. The van der Waals surface area contributed by atoms with E-state index in [1.165, 1.54) is 29.4 Å². The fourth-order valence-corrected chi connectivity index (χ4v) is 3.41. The van der Waals surface area contributed by atoms with E-state index < -0.39 is 0 Å². The zero-order valence-corrected chi connectivity index (χ0v) is 15.0. The van der Waals surface area contributed by atoms with Crippen LogP contribution in [0.3, 0.4) is 0 Å². The van der Waals surface area contributed by atoms with Crippen molar-refractivity contribution in [3.63, 3.8) is 0 Å². The Bertz CT molecular complexity index is 911. The minimum atomic E-state index is -0.0440. The van der Waals surface area contributed by atoms with E-state index >= 15 is 0 Å². The highest BCUT2D eigenvalue weighted by Gasteiger charge is 2.29. The van der Waals surface area contributed by atoms with Gasteiger partial charge in [-0.3, -0.25) is 14.7 Å². The average Bonchev–Trinajstić information content (AvgIpc) is 3.53. The zero-order valence-electron chi connectivity index (χ0n) is 15.0. The molecule has 2 aromatic carbocycles. The van der Waals surface area contributed by atoms with Gasteiger partial charge in [-0.1, -0.05) is 36.4 Å². The molecule has 1 saturated carbocycles. The maximum atomic E-state index is 11.7. The molecule has 0 aliphatic heterocycles. The second-order valence-electron chi connectivity index (χ2n) is 6.90. The summed E-state index contributed by atoms with van der Waals surface area (Å²) in [6.07, 6.45) is 4.38. The fourth-order valence-electron chi connectivity index (χ4n) is 3.41. The highest BCUT2D eigenvalue weighted by Crippen LogP contribution is 2.31. The van der Waals surface area contributed by atoms with Gasteiger partial charge >= 0.3 is 0 Å². The fraction of sp³-hybridized carbons (Fsp3) is 0.273. The monoisotopic (exact) mass is 345 g/mol. The van der Waals surface area contributed by atoms with Crippen molar-refractivity contribution in [1.29, 1.82) is 0 Å². The van der Waals surface area contributed by atoms with Crippen molar-refractivity contribution >= 4 is 16.8 Å². The highest BCUT2D eigenvalue weighted by atomic mass is 16.1. The number of para-hydroxylation sites is 1. The number of nitrogens with zero attached hydrogens (tertiary/aromatic N) is 2. The average molecular weight is 345 g/mol. The van der Waals surface area contributed by atoms with Crippen molar-refractivity contribution in [3.8, 4) is 0 Å². The van der Waals surface area contributed by atoms with Gasteiger partial charge < -0.3 is 5.32 Å². The molecule has 1 heterocycles. The summed E-state index contributed by atoms with van der Waals surface area (Å²) < 4.78 is 0. The summed E-state index contributed by atoms with van der Waals surface area (Å²) in [6, 6.07) is 19.1. The van der Waals surface area contributed by atoms with Crippen LogP contribution < -0.4 is 5.32 Å². The Morgan fingerprint density at radius 2 is 1.85 bits per heavy atom. The standard InChI is InChI=1S/C22H23N3O/c1-23-22(26)18-9-7-16(8-10-18)14-25(20-11-12-20)15-19-5-2-4-17-6-3-13-24-21(17)19/h2-10,13,20H,11-12,14-15H2,1H3,(H,23,26). The van der Waals surface area contributed by atoms with Crippen molar-refractivity contribution in [2.45, 2.75) is 32.0 Å². The lowest BCUT2D eigenvalue weighted by Crippen LogP contribution is -2.25. The first-order valence-electron chi connectivity index (χ1n) is 9.12. The first kappa shape index (κ1) is 16.7. The van der Waals surface area contributed by atoms with Crippen LogP contribution in [0, 0.1) is 0 Å². The molecule has 1 aromatic heterocycles. The Balaban J connectivity index is 1.54. The molecule has 26 heavy (non-hydrogen) atoms. The summed E-state index contributed by atoms with van der Waals surface area (Å²) in [5.41, 5.74) is 4.30. The van der Waals surface area contributed by atoms with E-state index in [2.05, 4.69) is 51.6 Å². The normalized spacial score (nSPS) is 13.9. The maximum Gasteiger partial charge on any atom is 0.251 e. The number of rotatable bonds is 6. The van der Waals surface area contributed by atoms with Crippen molar-refractivity contribution in [2.75, 3.05) is 7.05 Å². The molecule has 0 radical (unpaired) electrons. The number of pyridine rings is 1. The predicted octanol–water partition coefficient (Wildman–Crippen LogP) is 3.76. The molecule has 1 aliphatic rings. The van der Waals surface area contributed by atoms with Gasteiger partial charge in [0.05, 0.1) is 5.52 Å². The smallest absolute Gasteiger partial charge is 0.251 e. The Kier molecular flexibility index (Phi) is 4.67. The molecule has 0 atom stereocenters. The topological polar surface area (TPSA) is 45.2 Å². The van der Waals surface area contributed by atoms with Gasteiger partial charge in [-0.05, 0) is 42.2 Å². The predicted molar refractivity (Wildman–Crippen MR) is 104 cm³/mol. The van der Waals surface area contributed by atoms with E-state index in [0.717, 1.165) is 18.6 Å². The third-order valence-electron chi connectivity index (χ3n) is 4.98. The Morgan fingerprint density at radius 1 is 1.08 bits per heavy atom. The number of carbonyl (C=O) groups excluding carboxylic acids is 1. The van der Waals surface area contributed by atoms with E-state index in [-0.39, 0.29) is 5.91 Å². The molecule has 0 bridgehead atoms. The van der Waals surface area contributed by atoms with Crippen LogP contribution >= 0.6 is 0 Å². The third-order valence-corrected chi connectivity index (χ3v) is 4.98. The molecule has 4 rings (SSSR count). The van der Waals surface area contributed by atoms with Gasteiger partial charge in [0.2, 0.25) is 0 Å². The molecule has 0 spiro atoms. The quantitative estimate of drug-likeness (QED) is 0.740. The number of amides is 1. The zero-order chi connectivity index (χ0) is 17.9. The van der Waals surface area contributed by atoms with E-state index in [1.54, 1.807) is 7.05 Å². The molecule has 132 valence electrons. The van der Waals surface area contributed by atoms with Crippen molar-refractivity contribution in [1.82, 2.24) is 15.2 Å². The van der Waals surface area contributed by atoms with Gasteiger partial charge in [0.25, 0.3) is 5.91 Å². The molecule has 1 aliphatic carbocycles. The molecule has 4 heteroatoms. The van der Waals surface area contributed by atoms with Gasteiger partial charge in [-0.25, -0.2) is 0 Å². The largest absolute Gasteiger partial charge is 0.355 e. The van der Waals surface area contributed by atoms with Crippen molar-refractivity contribution < 1.29 is 4.79 Å². The Labute approximate surface area is 153 Å². The van der Waals surface area contributed by atoms with Crippen LogP contribution in [0.25, 0.3) is 10.9 Å². The summed E-state index contributed by atoms with van der Waals surface area (Å²) in [6.45, 7) is 1.79. The first-order chi connectivity index (χ1) is 12.7. The van der Waals surface area contributed by atoms with Gasteiger partial charge in [0.15, 0.2) is 0 Å². The lowest BCUT2D eigenvalue weighted by Gasteiger charge is -2.23. The van der Waals surface area contributed by atoms with E-state index in [9.17, 15) is 4.79 Å². The van der Waals surface area contributed by atoms with Crippen LogP contribution in [0.1, 0.15) is 34.3 Å². The first-order valence-corrected chi connectivity index (χ1v) is 9.12. The Morgan fingerprint density at radius 3 is 2.58 bits per heavy atom. The summed E-state index contributed by atoms with van der Waals surface area (Å²) in [5.74, 6) is -0.0440. The van der Waals surface area contributed by atoms with Crippen LogP contribution in [-0.2, 0) is 13.1 Å². The van der Waals surface area contributed by atoms with E-state index in [0.29, 0.717) is 11.6 Å². The van der Waals surface area contributed by atoms with E-state index in [1.807, 2.05) is 24.4 Å². The van der Waals surface area contributed by atoms with Crippen molar-refractivity contribution in [3.05, 3.63) is 77.5 Å². The number of benzene rings is 2. The minimum Gasteiger partial charge on any atom is -0.355 e. The lowest BCUT2D eigenvalue weighted by molar-refractivity contribution is 0.0963. The summed E-state index contributed by atoms with van der Waals surface area (Å²) >= 11 is 0. The van der Waals surface area contributed by atoms with Crippen LogP contribution in [-0.4, -0.2) is 28.9 Å². The summed E-state index contributed by atoms with van der Waals surface area (Å²) in [4.78, 5) is 18.8. The molecule has 3 aromatic rings. The molecule has 1 amide bonds. The number of carbonyl (C=O) groups is 1. The van der Waals surface area contributed by atoms with Gasteiger partial charge in [0.1, 0.15) is 0 Å². The number of aromatic nitrogens is 1. The van der Waals surface area contributed by atoms with Crippen molar-refractivity contribution in [2.24, 2.45) is 0 Å². The van der Waals surface area contributed by atoms with E-state index in [4.69, 9.17) is 0 Å². The molecule has 0 unspecified atom stereocenters. The van der Waals surface area contributed by atoms with Crippen LogP contribution in [0.2, 0.25) is 0 Å². The van der Waals surface area contributed by atoms with Crippen LogP contribution in [0.15, 0.2) is 60.8 Å². The highest BCUT2D eigenvalue weighted by molar-refractivity contribution is 5.93. The number of hydrogen-bond donors (Lipinski definition) is 1. The molecular formula is C22H23N3O. The third kappa shape index (κ3) is 3.60. The second-order valence-corrected chi connectivity index (χ2v) is 6.90. The molecule has 4 nitrogen and oxygen atoms in total. The Hall–Kier alpha value is -2.72. The summed E-state index contributed by atoms with van der Waals surface area (Å²) in [7, 11) is 1.66. The number of fused-ring (bicyclic) bond motifs is 1. The maximum absolute atomic E-state index is 11.7. The lowest BCUT2D eigenvalue weighted by atomic mass is 10.1. The number of hydrogen-bond acceptors (Lipinski definition) is 3. The van der Waals surface area contributed by atoms with Gasteiger partial charge in [-0.2, -0.15) is 0 Å². The second kappa shape index (κ2) is 7.26. The number of nitrogens with one attached hydrogen (secondary N) is 1. The van der Waals surface area contributed by atoms with Gasteiger partial charge in [0, 0.05) is 43.3 Å². The summed E-state index contributed by atoms with van der Waals surface area (Å²) in [5, 5.41) is 3.85. The molecule has 0 saturated heterocycles.